The summed E-state index contributed by atoms with van der Waals surface area (Å²) >= 11 is 0. The second-order valence-electron chi connectivity index (χ2n) is 11.6. The van der Waals surface area contributed by atoms with Crippen molar-refractivity contribution in [1.29, 1.82) is 0 Å². The summed E-state index contributed by atoms with van der Waals surface area (Å²) in [5.41, 5.74) is 2.29. The molecule has 8 unspecified atom stereocenters. The molecular formula is C28H42O3. The van der Waals surface area contributed by atoms with Crippen molar-refractivity contribution in [2.75, 3.05) is 0 Å². The number of ether oxygens (including phenoxy) is 1. The first-order chi connectivity index (χ1) is 14.7. The lowest BCUT2D eigenvalue weighted by molar-refractivity contribution is -0.148. The van der Waals surface area contributed by atoms with Gasteiger partial charge in [0.15, 0.2) is 5.78 Å². The van der Waals surface area contributed by atoms with Crippen LogP contribution in [0, 0.1) is 40.4 Å². The third-order valence-corrected chi connectivity index (χ3v) is 10.2. The van der Waals surface area contributed by atoms with E-state index in [0.717, 1.165) is 49.4 Å². The highest BCUT2D eigenvalue weighted by atomic mass is 16.5. The number of carbonyl (C=O) groups is 2. The summed E-state index contributed by atoms with van der Waals surface area (Å²) in [7, 11) is 0. The monoisotopic (exact) mass is 426 g/mol. The Labute approximate surface area is 189 Å². The molecule has 3 fully saturated rings. The summed E-state index contributed by atoms with van der Waals surface area (Å²) in [5, 5.41) is 0. The summed E-state index contributed by atoms with van der Waals surface area (Å²) in [5.74, 6) is 3.79. The highest BCUT2D eigenvalue weighted by Crippen LogP contribution is 2.67. The van der Waals surface area contributed by atoms with Crippen LogP contribution in [0.4, 0.5) is 0 Å². The van der Waals surface area contributed by atoms with Crippen molar-refractivity contribution >= 4 is 11.8 Å². The fourth-order valence-electron chi connectivity index (χ4n) is 8.61. The average molecular weight is 427 g/mol. The first-order valence-electron chi connectivity index (χ1n) is 12.7. The van der Waals surface area contributed by atoms with Gasteiger partial charge in [0, 0.05) is 19.8 Å². The minimum absolute atomic E-state index is 0.0808. The largest absolute Gasteiger partial charge is 0.462 e. The lowest BCUT2D eigenvalue weighted by atomic mass is 9.47. The van der Waals surface area contributed by atoms with E-state index in [2.05, 4.69) is 33.4 Å². The van der Waals surface area contributed by atoms with E-state index in [0.29, 0.717) is 23.2 Å². The number of carbonyl (C=O) groups excluding carboxylic acids is 2. The molecule has 0 aromatic heterocycles. The molecule has 0 saturated heterocycles. The normalized spacial score (nSPS) is 42.5. The zero-order valence-corrected chi connectivity index (χ0v) is 20.1. The Hall–Kier alpha value is -1.38. The van der Waals surface area contributed by atoms with Gasteiger partial charge in [0.25, 0.3) is 0 Å². The molecule has 0 aromatic carbocycles. The highest BCUT2D eigenvalue weighted by molar-refractivity contribution is 5.88. The van der Waals surface area contributed by atoms with E-state index < -0.39 is 0 Å². The molecule has 0 spiro atoms. The van der Waals surface area contributed by atoms with Crippen LogP contribution in [0.25, 0.3) is 0 Å². The van der Waals surface area contributed by atoms with Crippen LogP contribution >= 0.6 is 0 Å². The molecule has 4 aliphatic carbocycles. The Morgan fingerprint density at radius 2 is 1.97 bits per heavy atom. The minimum Gasteiger partial charge on any atom is -0.462 e. The molecule has 0 N–H and O–H groups in total. The molecular weight excluding hydrogens is 384 g/mol. The van der Waals surface area contributed by atoms with Crippen LogP contribution in [0.1, 0.15) is 91.9 Å². The summed E-state index contributed by atoms with van der Waals surface area (Å²) in [4.78, 5) is 23.2. The van der Waals surface area contributed by atoms with Crippen LogP contribution < -0.4 is 0 Å². The first kappa shape index (κ1) is 22.8. The molecule has 0 amide bonds. The van der Waals surface area contributed by atoms with Crippen LogP contribution in [-0.4, -0.2) is 17.9 Å². The summed E-state index contributed by atoms with van der Waals surface area (Å²) < 4.78 is 5.58. The van der Waals surface area contributed by atoms with Crippen LogP contribution in [-0.2, 0) is 14.3 Å². The Bertz CT molecular complexity index is 766. The highest BCUT2D eigenvalue weighted by Gasteiger charge is 2.59. The van der Waals surface area contributed by atoms with Gasteiger partial charge in [0.2, 0.25) is 0 Å². The van der Waals surface area contributed by atoms with Crippen molar-refractivity contribution in [3.05, 3.63) is 24.3 Å². The van der Waals surface area contributed by atoms with E-state index in [1.165, 1.54) is 45.1 Å². The SMILES string of the molecule is C=CC(=O)CCC(C)C1CCC2C3CC=C4CC(OC(C)=O)CCC4(C)C3CCC12C. The van der Waals surface area contributed by atoms with Crippen LogP contribution in [0.15, 0.2) is 24.3 Å². The standard InChI is InChI=1S/C28H42O3/c1-6-21(30)9-7-18(2)24-11-12-25-23-10-8-20-17-22(31-19(3)29)13-15-27(20,4)26(23)14-16-28(24,25)5/h6,8,18,22-26H,1,7,9-17H2,2-5H3. The van der Waals surface area contributed by atoms with Crippen molar-refractivity contribution in [3.8, 4) is 0 Å². The van der Waals surface area contributed by atoms with E-state index in [1.54, 1.807) is 5.57 Å². The summed E-state index contributed by atoms with van der Waals surface area (Å²) in [6.07, 6.45) is 15.4. The molecule has 31 heavy (non-hydrogen) atoms. The molecule has 0 aliphatic heterocycles. The number of hydrogen-bond donors (Lipinski definition) is 0. The molecule has 4 rings (SSSR count). The maximum atomic E-state index is 11.8. The molecule has 172 valence electrons. The molecule has 0 aromatic rings. The van der Waals surface area contributed by atoms with Crippen LogP contribution in [0.3, 0.4) is 0 Å². The molecule has 3 nitrogen and oxygen atoms in total. The van der Waals surface area contributed by atoms with E-state index in [1.807, 2.05) is 0 Å². The quantitative estimate of drug-likeness (QED) is 0.271. The first-order valence-corrected chi connectivity index (χ1v) is 12.7. The lowest BCUT2D eigenvalue weighted by Crippen LogP contribution is -2.51. The molecule has 4 aliphatic rings. The van der Waals surface area contributed by atoms with Crippen molar-refractivity contribution < 1.29 is 14.3 Å². The lowest BCUT2D eigenvalue weighted by Gasteiger charge is -2.58. The van der Waals surface area contributed by atoms with Gasteiger partial charge < -0.3 is 4.74 Å². The average Bonchev–Trinajstić information content (AvgIpc) is 3.09. The molecule has 0 bridgehead atoms. The maximum Gasteiger partial charge on any atom is 0.302 e. The van der Waals surface area contributed by atoms with Crippen molar-refractivity contribution in [1.82, 2.24) is 0 Å². The van der Waals surface area contributed by atoms with E-state index in [4.69, 9.17) is 4.74 Å². The fourth-order valence-corrected chi connectivity index (χ4v) is 8.61. The molecule has 0 heterocycles. The third-order valence-electron chi connectivity index (χ3n) is 10.2. The van der Waals surface area contributed by atoms with E-state index in [9.17, 15) is 9.59 Å². The smallest absolute Gasteiger partial charge is 0.302 e. The van der Waals surface area contributed by atoms with Crippen molar-refractivity contribution in [3.63, 3.8) is 0 Å². The van der Waals surface area contributed by atoms with Gasteiger partial charge in [-0.3, -0.25) is 9.59 Å². The van der Waals surface area contributed by atoms with E-state index in [-0.39, 0.29) is 17.9 Å². The van der Waals surface area contributed by atoms with Crippen LogP contribution in [0.5, 0.6) is 0 Å². The Kier molecular flexibility index (Phi) is 6.27. The van der Waals surface area contributed by atoms with Gasteiger partial charge in [-0.1, -0.05) is 39.0 Å². The minimum atomic E-state index is -0.141. The second-order valence-corrected chi connectivity index (χ2v) is 11.6. The Morgan fingerprint density at radius 3 is 2.68 bits per heavy atom. The summed E-state index contributed by atoms with van der Waals surface area (Å²) in [6, 6.07) is 0. The maximum absolute atomic E-state index is 11.8. The molecule has 8 atom stereocenters. The molecule has 3 heteroatoms. The zero-order chi connectivity index (χ0) is 22.4. The van der Waals surface area contributed by atoms with Gasteiger partial charge in [-0.25, -0.2) is 0 Å². The molecule has 3 saturated carbocycles. The van der Waals surface area contributed by atoms with E-state index >= 15 is 0 Å². The number of fused-ring (bicyclic) bond motifs is 5. The fraction of sp³-hybridized carbons (Fsp3) is 0.786. The Balaban J connectivity index is 1.49. The molecule has 0 radical (unpaired) electrons. The van der Waals surface area contributed by atoms with Gasteiger partial charge in [0.05, 0.1) is 0 Å². The van der Waals surface area contributed by atoms with Gasteiger partial charge in [0.1, 0.15) is 6.10 Å². The predicted octanol–water partition coefficient (Wildman–Crippen LogP) is 6.67. The van der Waals surface area contributed by atoms with Crippen molar-refractivity contribution in [2.45, 2.75) is 98.0 Å². The number of esters is 1. The summed E-state index contributed by atoms with van der Waals surface area (Å²) in [6.45, 7) is 12.7. The van der Waals surface area contributed by atoms with Gasteiger partial charge in [-0.05, 0) is 97.9 Å². The number of hydrogen-bond acceptors (Lipinski definition) is 3. The van der Waals surface area contributed by atoms with Crippen LogP contribution in [0.2, 0.25) is 0 Å². The zero-order valence-electron chi connectivity index (χ0n) is 20.1. The van der Waals surface area contributed by atoms with Gasteiger partial charge >= 0.3 is 5.97 Å². The number of rotatable bonds is 6. The number of ketones is 1. The Morgan fingerprint density at radius 1 is 1.19 bits per heavy atom. The van der Waals surface area contributed by atoms with Crippen molar-refractivity contribution in [2.24, 2.45) is 40.4 Å². The topological polar surface area (TPSA) is 43.4 Å². The van der Waals surface area contributed by atoms with Gasteiger partial charge in [-0.2, -0.15) is 0 Å². The number of allylic oxidation sites excluding steroid dienone is 2. The van der Waals surface area contributed by atoms with Gasteiger partial charge in [-0.15, -0.1) is 0 Å². The predicted molar refractivity (Wildman–Crippen MR) is 124 cm³/mol. The second kappa shape index (κ2) is 8.52. The third kappa shape index (κ3) is 3.95.